The van der Waals surface area contributed by atoms with Gasteiger partial charge < -0.3 is 19.7 Å². The van der Waals surface area contributed by atoms with Gasteiger partial charge in [0.1, 0.15) is 0 Å². The third-order valence-corrected chi connectivity index (χ3v) is 5.04. The molecule has 2 aliphatic heterocycles. The van der Waals surface area contributed by atoms with Crippen molar-refractivity contribution in [3.8, 4) is 11.5 Å². The van der Waals surface area contributed by atoms with E-state index in [-0.39, 0.29) is 11.9 Å². The van der Waals surface area contributed by atoms with Crippen LogP contribution in [0.4, 0.5) is 5.69 Å². The van der Waals surface area contributed by atoms with Crippen molar-refractivity contribution in [2.75, 3.05) is 31.7 Å². The molecular weight excluding hydrogens is 332 g/mol. The first-order valence-electron chi connectivity index (χ1n) is 9.02. The number of amides is 1. The second-order valence-corrected chi connectivity index (χ2v) is 6.90. The molecule has 0 bridgehead atoms. The first kappa shape index (κ1) is 16.8. The fraction of sp³-hybridized carbons (Fsp3) is 0.474. The predicted octanol–water partition coefficient (Wildman–Crippen LogP) is 1.76. The lowest BCUT2D eigenvalue weighted by atomic mass is 10.0. The Morgan fingerprint density at radius 2 is 2.31 bits per heavy atom. The Balaban J connectivity index is 1.46. The summed E-state index contributed by atoms with van der Waals surface area (Å²) in [6.45, 7) is 2.42. The van der Waals surface area contributed by atoms with Crippen molar-refractivity contribution in [2.45, 2.75) is 25.3 Å². The van der Waals surface area contributed by atoms with Gasteiger partial charge in [-0.3, -0.25) is 9.48 Å². The van der Waals surface area contributed by atoms with E-state index in [0.29, 0.717) is 17.9 Å². The molecular formula is C19H24N4O3. The van der Waals surface area contributed by atoms with Gasteiger partial charge in [0.2, 0.25) is 0 Å². The Morgan fingerprint density at radius 1 is 1.42 bits per heavy atom. The summed E-state index contributed by atoms with van der Waals surface area (Å²) in [7, 11) is 3.52. The van der Waals surface area contributed by atoms with Crippen LogP contribution in [0.1, 0.15) is 28.8 Å². The summed E-state index contributed by atoms with van der Waals surface area (Å²) in [6.07, 6.45) is 6.71. The fourth-order valence-electron chi connectivity index (χ4n) is 3.73. The van der Waals surface area contributed by atoms with Crippen LogP contribution < -0.4 is 19.7 Å². The molecule has 1 N–H and O–H groups in total. The van der Waals surface area contributed by atoms with Gasteiger partial charge in [0, 0.05) is 49.9 Å². The van der Waals surface area contributed by atoms with E-state index in [0.717, 1.165) is 49.4 Å². The zero-order chi connectivity index (χ0) is 18.1. The number of fused-ring (bicyclic) bond motifs is 1. The molecule has 0 saturated carbocycles. The summed E-state index contributed by atoms with van der Waals surface area (Å²) in [5, 5.41) is 7.42. The van der Waals surface area contributed by atoms with E-state index in [9.17, 15) is 4.79 Å². The van der Waals surface area contributed by atoms with Gasteiger partial charge in [0.15, 0.2) is 11.5 Å². The maximum absolute atomic E-state index is 12.8. The number of aryl methyl sites for hydroxylation is 1. The minimum absolute atomic E-state index is 0.0592. The lowest BCUT2D eigenvalue weighted by molar-refractivity contribution is 0.0932. The molecule has 0 aliphatic carbocycles. The highest BCUT2D eigenvalue weighted by Crippen LogP contribution is 2.36. The number of carbonyl (C=O) groups excluding carboxylic acids is 1. The Bertz CT molecular complexity index is 817. The van der Waals surface area contributed by atoms with Gasteiger partial charge >= 0.3 is 0 Å². The number of ether oxygens (including phenoxy) is 2. The highest BCUT2D eigenvalue weighted by atomic mass is 16.5. The highest BCUT2D eigenvalue weighted by molar-refractivity contribution is 5.95. The summed E-state index contributed by atoms with van der Waals surface area (Å²) in [5.41, 5.74) is 2.77. The van der Waals surface area contributed by atoms with Crippen molar-refractivity contribution in [1.29, 1.82) is 0 Å². The van der Waals surface area contributed by atoms with Crippen LogP contribution in [-0.2, 0) is 13.5 Å². The minimum atomic E-state index is -0.0592. The molecule has 0 spiro atoms. The number of hydrogen-bond acceptors (Lipinski definition) is 5. The number of piperidine rings is 1. The normalized spacial score (nSPS) is 19.0. The van der Waals surface area contributed by atoms with Crippen LogP contribution in [0, 0.1) is 0 Å². The second-order valence-electron chi connectivity index (χ2n) is 6.90. The topological polar surface area (TPSA) is 68.6 Å². The smallest absolute Gasteiger partial charge is 0.251 e. The molecule has 4 rings (SSSR count). The summed E-state index contributed by atoms with van der Waals surface area (Å²) in [6, 6.07) is 3.80. The molecule has 2 aromatic rings. The fourth-order valence-corrected chi connectivity index (χ4v) is 3.73. The van der Waals surface area contributed by atoms with Gasteiger partial charge in [0.05, 0.1) is 25.6 Å². The predicted molar refractivity (Wildman–Crippen MR) is 98.1 cm³/mol. The molecule has 1 saturated heterocycles. The second kappa shape index (κ2) is 6.90. The molecule has 1 fully saturated rings. The first-order valence-corrected chi connectivity index (χ1v) is 9.02. The summed E-state index contributed by atoms with van der Waals surface area (Å²) in [4.78, 5) is 15.1. The standard InChI is InChI=1S/C19H24N4O3/c1-22-12-16(10-20-22)23-6-3-4-15(11-23)21-19(24)14-8-13-5-7-26-18(13)17(9-14)25-2/h8-10,12,15H,3-7,11H2,1-2H3,(H,21,24). The van der Waals surface area contributed by atoms with Crippen molar-refractivity contribution < 1.29 is 14.3 Å². The van der Waals surface area contributed by atoms with Crippen molar-refractivity contribution >= 4 is 11.6 Å². The van der Waals surface area contributed by atoms with Gasteiger partial charge in [-0.2, -0.15) is 5.10 Å². The van der Waals surface area contributed by atoms with Gasteiger partial charge in [-0.15, -0.1) is 0 Å². The van der Waals surface area contributed by atoms with Gasteiger partial charge in [0.25, 0.3) is 5.91 Å². The van der Waals surface area contributed by atoms with Crippen LogP contribution >= 0.6 is 0 Å². The Hall–Kier alpha value is -2.70. The van der Waals surface area contributed by atoms with Crippen molar-refractivity contribution in [1.82, 2.24) is 15.1 Å². The Morgan fingerprint density at radius 3 is 3.08 bits per heavy atom. The number of aromatic nitrogens is 2. The number of anilines is 1. The lowest BCUT2D eigenvalue weighted by Gasteiger charge is -2.33. The average Bonchev–Trinajstić information content (AvgIpc) is 3.29. The Kier molecular flexibility index (Phi) is 4.44. The van der Waals surface area contributed by atoms with Crippen LogP contribution in [0.15, 0.2) is 24.5 Å². The molecule has 1 aromatic heterocycles. The third kappa shape index (κ3) is 3.21. The maximum atomic E-state index is 12.8. The molecule has 7 nitrogen and oxygen atoms in total. The number of hydrogen-bond donors (Lipinski definition) is 1. The molecule has 1 atom stereocenters. The number of nitrogens with zero attached hydrogens (tertiary/aromatic N) is 3. The lowest BCUT2D eigenvalue weighted by Crippen LogP contribution is -2.47. The monoisotopic (exact) mass is 356 g/mol. The van der Waals surface area contributed by atoms with Crippen LogP contribution in [0.3, 0.4) is 0 Å². The first-order chi connectivity index (χ1) is 12.6. The van der Waals surface area contributed by atoms with Crippen LogP contribution in [0.5, 0.6) is 11.5 Å². The number of nitrogens with one attached hydrogen (secondary N) is 1. The molecule has 2 aliphatic rings. The van der Waals surface area contributed by atoms with Gasteiger partial charge in [-0.05, 0) is 25.0 Å². The highest BCUT2D eigenvalue weighted by Gasteiger charge is 2.25. The molecule has 26 heavy (non-hydrogen) atoms. The number of benzene rings is 1. The van der Waals surface area contributed by atoms with Crippen molar-refractivity contribution in [2.24, 2.45) is 7.05 Å². The van der Waals surface area contributed by atoms with Crippen molar-refractivity contribution in [3.63, 3.8) is 0 Å². The third-order valence-electron chi connectivity index (χ3n) is 5.04. The SMILES string of the molecule is COc1cc(C(=O)NC2CCCN(c3cnn(C)c3)C2)cc2c1OCC2. The van der Waals surface area contributed by atoms with E-state index in [1.165, 1.54) is 0 Å². The zero-order valence-electron chi connectivity index (χ0n) is 15.2. The van der Waals surface area contributed by atoms with Gasteiger partial charge in [-0.1, -0.05) is 0 Å². The summed E-state index contributed by atoms with van der Waals surface area (Å²) < 4.78 is 12.8. The molecule has 138 valence electrons. The number of methoxy groups -OCH3 is 1. The molecule has 0 radical (unpaired) electrons. The van der Waals surface area contributed by atoms with E-state index >= 15 is 0 Å². The minimum Gasteiger partial charge on any atom is -0.493 e. The summed E-state index contributed by atoms with van der Waals surface area (Å²) in [5.74, 6) is 1.34. The van der Waals surface area contributed by atoms with E-state index in [1.54, 1.807) is 17.9 Å². The Labute approximate surface area is 152 Å². The van der Waals surface area contributed by atoms with Crippen molar-refractivity contribution in [3.05, 3.63) is 35.7 Å². The van der Waals surface area contributed by atoms with Crippen LogP contribution in [0.2, 0.25) is 0 Å². The van der Waals surface area contributed by atoms with Crippen LogP contribution in [0.25, 0.3) is 0 Å². The van der Waals surface area contributed by atoms with Crippen LogP contribution in [-0.4, -0.2) is 48.5 Å². The van der Waals surface area contributed by atoms with E-state index in [1.807, 2.05) is 25.5 Å². The molecule has 7 heteroatoms. The van der Waals surface area contributed by atoms with E-state index in [4.69, 9.17) is 9.47 Å². The largest absolute Gasteiger partial charge is 0.493 e. The molecule has 1 aromatic carbocycles. The molecule has 1 amide bonds. The van der Waals surface area contributed by atoms with E-state index < -0.39 is 0 Å². The average molecular weight is 356 g/mol. The molecule has 3 heterocycles. The zero-order valence-corrected chi connectivity index (χ0v) is 15.2. The quantitative estimate of drug-likeness (QED) is 0.904. The number of rotatable bonds is 4. The van der Waals surface area contributed by atoms with Gasteiger partial charge in [-0.25, -0.2) is 0 Å². The molecule has 1 unspecified atom stereocenters. The van der Waals surface area contributed by atoms with E-state index in [2.05, 4.69) is 15.3 Å². The summed E-state index contributed by atoms with van der Waals surface area (Å²) >= 11 is 0. The maximum Gasteiger partial charge on any atom is 0.251 e. The number of carbonyl (C=O) groups is 1.